The summed E-state index contributed by atoms with van der Waals surface area (Å²) in [5.41, 5.74) is -6.41. The number of carboxylic acid groups (broad SMARTS) is 1. The van der Waals surface area contributed by atoms with Gasteiger partial charge in [-0.1, -0.05) is 13.8 Å². The molecule has 5 fully saturated rings. The molecule has 14 atom stereocenters. The fourth-order valence-electron chi connectivity index (χ4n) is 10.4. The summed E-state index contributed by atoms with van der Waals surface area (Å²) in [5, 5.41) is 42.5. The second-order valence-corrected chi connectivity index (χ2v) is 15.4. The molecule has 0 aromatic carbocycles. The fraction of sp³-hybridized carbons (Fsp3) is 0.765. The molecule has 2 unspecified atom stereocenters. The summed E-state index contributed by atoms with van der Waals surface area (Å²) in [7, 11) is 1.25. The van der Waals surface area contributed by atoms with Crippen LogP contribution in [0.3, 0.4) is 0 Å². The number of rotatable bonds is 7. The van der Waals surface area contributed by atoms with Crippen LogP contribution in [0.1, 0.15) is 78.9 Å². The van der Waals surface area contributed by atoms with Crippen molar-refractivity contribution < 1.29 is 72.4 Å². The van der Waals surface area contributed by atoms with Gasteiger partial charge in [0, 0.05) is 42.8 Å². The van der Waals surface area contributed by atoms with Crippen LogP contribution in [0, 0.1) is 28.1 Å². The number of methoxy groups -OCH3 is 1. The quantitative estimate of drug-likeness (QED) is 0.235. The third-order valence-corrected chi connectivity index (χ3v) is 12.6. The predicted octanol–water partition coefficient (Wildman–Crippen LogP) is 1.65. The maximum atomic E-state index is 14.9. The van der Waals surface area contributed by atoms with Gasteiger partial charge >= 0.3 is 17.9 Å². The summed E-state index contributed by atoms with van der Waals surface area (Å²) in [4.78, 5) is 53.4. The third-order valence-electron chi connectivity index (χ3n) is 12.6. The Morgan fingerprint density at radius 3 is 2.22 bits per heavy atom. The first-order valence-electron chi connectivity index (χ1n) is 16.5. The van der Waals surface area contributed by atoms with Crippen LogP contribution in [-0.2, 0) is 47.6 Å². The minimum atomic E-state index is -1.75. The Labute approximate surface area is 283 Å². The first kappa shape index (κ1) is 35.9. The Morgan fingerprint density at radius 2 is 1.65 bits per heavy atom. The van der Waals surface area contributed by atoms with Gasteiger partial charge < -0.3 is 53.3 Å². The number of ether oxygens (including phenoxy) is 6. The van der Waals surface area contributed by atoms with Crippen LogP contribution >= 0.6 is 0 Å². The molecule has 1 aromatic rings. The second kappa shape index (κ2) is 11.8. The molecule has 1 spiro atoms. The molecular formula is C34H46O15. The molecule has 6 rings (SSSR count). The van der Waals surface area contributed by atoms with Gasteiger partial charge in [-0.3, -0.25) is 14.4 Å². The van der Waals surface area contributed by atoms with Crippen LogP contribution in [-0.4, -0.2) is 106 Å². The number of hydrogen-bond acceptors (Lipinski definition) is 14. The van der Waals surface area contributed by atoms with E-state index in [0.29, 0.717) is 5.56 Å². The van der Waals surface area contributed by atoms with Gasteiger partial charge in [0.05, 0.1) is 30.5 Å². The van der Waals surface area contributed by atoms with E-state index in [0.717, 1.165) is 0 Å². The van der Waals surface area contributed by atoms with Crippen molar-refractivity contribution >= 4 is 23.7 Å². The number of furan rings is 1. The maximum Gasteiger partial charge on any atom is 0.335 e. The molecule has 15 heteroatoms. The van der Waals surface area contributed by atoms with Crippen LogP contribution in [0.4, 0.5) is 0 Å². The zero-order valence-electron chi connectivity index (χ0n) is 28.6. The van der Waals surface area contributed by atoms with Crippen LogP contribution in [0.15, 0.2) is 23.0 Å². The number of aliphatic carboxylic acids is 1. The number of fused-ring (bicyclic) bond motifs is 4. The van der Waals surface area contributed by atoms with Crippen molar-refractivity contribution in [2.75, 3.05) is 7.11 Å². The first-order valence-corrected chi connectivity index (χ1v) is 16.5. The number of ketones is 1. The van der Waals surface area contributed by atoms with Crippen LogP contribution in [0.5, 0.6) is 0 Å². The number of esters is 2. The fourth-order valence-corrected chi connectivity index (χ4v) is 10.4. The van der Waals surface area contributed by atoms with Crippen molar-refractivity contribution in [3.8, 4) is 0 Å². The highest BCUT2D eigenvalue weighted by Crippen LogP contribution is 2.77. The number of hydrogen-bond donors (Lipinski definition) is 4. The molecule has 272 valence electrons. The minimum Gasteiger partial charge on any atom is -0.479 e. The lowest BCUT2D eigenvalue weighted by molar-refractivity contribution is -0.363. The maximum absolute atomic E-state index is 14.9. The van der Waals surface area contributed by atoms with Crippen molar-refractivity contribution in [3.05, 3.63) is 24.2 Å². The molecule has 0 amide bonds. The van der Waals surface area contributed by atoms with E-state index in [9.17, 15) is 39.6 Å². The topological polar surface area (TPSA) is 221 Å². The lowest BCUT2D eigenvalue weighted by atomic mass is 9.37. The SMILES string of the molecule is CO[C@H]1O[C@@H](OC(c2ccoc2)[C@]2(C)CC[C@@H]3[C@@]4(C)[C@H](OC(C)=O)CC(=O)OC(C)(C)[C@@H]4CC(=O)[C@@]3(C)C23O[C@H]3C(=O)O)[C@H](O)[C@@H](O)[C@@H]1O. The highest BCUT2D eigenvalue weighted by molar-refractivity contribution is 5.92. The Morgan fingerprint density at radius 1 is 0.980 bits per heavy atom. The van der Waals surface area contributed by atoms with Crippen molar-refractivity contribution in [3.63, 3.8) is 0 Å². The smallest absolute Gasteiger partial charge is 0.335 e. The van der Waals surface area contributed by atoms with Gasteiger partial charge in [-0.05, 0) is 45.6 Å². The molecule has 5 aliphatic rings. The highest BCUT2D eigenvalue weighted by atomic mass is 16.8. The van der Waals surface area contributed by atoms with Crippen molar-refractivity contribution in [2.24, 2.45) is 28.1 Å². The number of carbonyl (C=O) groups is 4. The van der Waals surface area contributed by atoms with Gasteiger partial charge in [-0.25, -0.2) is 4.79 Å². The van der Waals surface area contributed by atoms with E-state index in [1.807, 2.05) is 6.92 Å². The minimum absolute atomic E-state index is 0.129. The lowest BCUT2D eigenvalue weighted by Gasteiger charge is -2.65. The predicted molar refractivity (Wildman–Crippen MR) is 162 cm³/mol. The molecule has 2 saturated carbocycles. The van der Waals surface area contributed by atoms with Gasteiger partial charge in [-0.15, -0.1) is 0 Å². The summed E-state index contributed by atoms with van der Waals surface area (Å²) in [6, 6.07) is 1.60. The van der Waals surface area contributed by atoms with Crippen molar-refractivity contribution in [1.82, 2.24) is 0 Å². The van der Waals surface area contributed by atoms with Crippen LogP contribution in [0.25, 0.3) is 0 Å². The number of cyclic esters (lactones) is 1. The molecule has 15 nitrogen and oxygen atoms in total. The zero-order chi connectivity index (χ0) is 36.1. The first-order chi connectivity index (χ1) is 22.8. The Kier molecular flexibility index (Phi) is 8.66. The number of carboxylic acids is 1. The highest BCUT2D eigenvalue weighted by Gasteiger charge is 2.87. The molecule has 0 radical (unpaired) electrons. The van der Waals surface area contributed by atoms with Crippen LogP contribution < -0.4 is 0 Å². The van der Waals surface area contributed by atoms with E-state index in [2.05, 4.69) is 0 Å². The lowest BCUT2D eigenvalue weighted by Crippen LogP contribution is -2.72. The second-order valence-electron chi connectivity index (χ2n) is 15.4. The molecule has 4 N–H and O–H groups in total. The standard InChI is InChI=1S/C34H46O15/c1-15(35)45-20-13-21(37)48-30(2,3)18-12-19(36)33(6)17(32(18,20)5)8-10-31(4,34(33)26(49-34)27(41)42)25(16-9-11-44-14-16)46-29-24(40)22(38)23(39)28(43-7)47-29/h9,11,14,17-18,20,22-26,28-29,38-40H,8,10,12-13H2,1-7H3,(H,41,42)/t17-,18+,20-,22+,23+,24-,25?,26+,28+,29-,31+,32-,33+,34?/m1/s1. The molecule has 3 saturated heterocycles. The summed E-state index contributed by atoms with van der Waals surface area (Å²) in [6.45, 7) is 10.0. The van der Waals surface area contributed by atoms with Crippen molar-refractivity contribution in [1.29, 1.82) is 0 Å². The normalized spacial score (nSPS) is 46.5. The van der Waals surface area contributed by atoms with Gasteiger partial charge in [0.2, 0.25) is 0 Å². The molecular weight excluding hydrogens is 648 g/mol. The van der Waals surface area contributed by atoms with Gasteiger partial charge in [0.25, 0.3) is 0 Å². The molecule has 4 heterocycles. The number of carbonyl (C=O) groups excluding carboxylic acids is 3. The number of Topliss-reactive ketones (excluding diaryl/α,β-unsaturated/α-hetero) is 1. The largest absolute Gasteiger partial charge is 0.479 e. The van der Waals surface area contributed by atoms with E-state index < -0.39 is 106 Å². The monoisotopic (exact) mass is 694 g/mol. The molecule has 49 heavy (non-hydrogen) atoms. The van der Waals surface area contributed by atoms with E-state index in [1.165, 1.54) is 26.6 Å². The Hall–Kier alpha value is -2.92. The Bertz CT molecular complexity index is 1490. The Balaban J connectivity index is 1.51. The summed E-state index contributed by atoms with van der Waals surface area (Å²) >= 11 is 0. The summed E-state index contributed by atoms with van der Waals surface area (Å²) in [6.07, 6.45) is -8.78. The van der Waals surface area contributed by atoms with Crippen molar-refractivity contribution in [2.45, 2.75) is 128 Å². The zero-order valence-corrected chi connectivity index (χ0v) is 28.6. The van der Waals surface area contributed by atoms with Crippen LogP contribution in [0.2, 0.25) is 0 Å². The van der Waals surface area contributed by atoms with Gasteiger partial charge in [0.15, 0.2) is 18.7 Å². The molecule has 0 bridgehead atoms. The number of aliphatic hydroxyl groups is 3. The van der Waals surface area contributed by atoms with E-state index in [4.69, 9.17) is 32.8 Å². The molecule has 1 aromatic heterocycles. The summed E-state index contributed by atoms with van der Waals surface area (Å²) in [5.74, 6) is -4.07. The number of epoxide rings is 1. The number of aliphatic hydroxyl groups excluding tert-OH is 3. The van der Waals surface area contributed by atoms with E-state index in [-0.39, 0.29) is 31.5 Å². The third kappa shape index (κ3) is 4.94. The molecule has 3 aliphatic heterocycles. The van der Waals surface area contributed by atoms with E-state index in [1.54, 1.807) is 33.8 Å². The van der Waals surface area contributed by atoms with Gasteiger partial charge in [0.1, 0.15) is 41.4 Å². The average Bonchev–Trinajstić information content (AvgIpc) is 3.60. The summed E-state index contributed by atoms with van der Waals surface area (Å²) < 4.78 is 40.9. The van der Waals surface area contributed by atoms with Gasteiger partial charge in [-0.2, -0.15) is 0 Å². The molecule has 2 aliphatic carbocycles. The average molecular weight is 695 g/mol. The van der Waals surface area contributed by atoms with E-state index >= 15 is 0 Å².